The van der Waals surface area contributed by atoms with E-state index < -0.39 is 6.04 Å². The molecule has 1 unspecified atom stereocenters. The van der Waals surface area contributed by atoms with Gasteiger partial charge < -0.3 is 15.7 Å². The summed E-state index contributed by atoms with van der Waals surface area (Å²) in [5.74, 6) is -0.102. The van der Waals surface area contributed by atoms with Crippen LogP contribution in [0.3, 0.4) is 0 Å². The van der Waals surface area contributed by atoms with E-state index in [4.69, 9.17) is 0 Å². The fourth-order valence-corrected chi connectivity index (χ4v) is 3.08. The van der Waals surface area contributed by atoms with Crippen molar-refractivity contribution < 1.29 is 14.7 Å². The summed E-state index contributed by atoms with van der Waals surface area (Å²) in [6, 6.07) is 7.00. The SMILES string of the molecule is CC(=O)NC(C(=O)NCc1ccccc1CO)C1CCCC1. The first-order chi connectivity index (χ1) is 10.6. The third-order valence-corrected chi connectivity index (χ3v) is 4.25. The molecule has 1 aromatic rings. The predicted molar refractivity (Wildman–Crippen MR) is 83.8 cm³/mol. The van der Waals surface area contributed by atoms with Gasteiger partial charge in [0.15, 0.2) is 0 Å². The van der Waals surface area contributed by atoms with E-state index in [1.807, 2.05) is 24.3 Å². The van der Waals surface area contributed by atoms with Crippen LogP contribution in [0.15, 0.2) is 24.3 Å². The number of nitrogens with one attached hydrogen (secondary N) is 2. The van der Waals surface area contributed by atoms with Gasteiger partial charge >= 0.3 is 0 Å². The van der Waals surface area contributed by atoms with E-state index in [-0.39, 0.29) is 24.3 Å². The molecule has 1 atom stereocenters. The van der Waals surface area contributed by atoms with Crippen LogP contribution in [0.1, 0.15) is 43.7 Å². The Morgan fingerprint density at radius 2 is 1.86 bits per heavy atom. The van der Waals surface area contributed by atoms with Crippen molar-refractivity contribution in [2.24, 2.45) is 5.92 Å². The quantitative estimate of drug-likeness (QED) is 0.745. The van der Waals surface area contributed by atoms with Gasteiger partial charge in [0.25, 0.3) is 0 Å². The summed E-state index contributed by atoms with van der Waals surface area (Å²) in [7, 11) is 0. The molecular weight excluding hydrogens is 280 g/mol. The number of hydrogen-bond donors (Lipinski definition) is 3. The number of rotatable bonds is 6. The van der Waals surface area contributed by atoms with E-state index in [1.54, 1.807) is 0 Å². The molecule has 0 aliphatic heterocycles. The van der Waals surface area contributed by atoms with Gasteiger partial charge in [0.1, 0.15) is 6.04 Å². The van der Waals surface area contributed by atoms with Gasteiger partial charge in [-0.1, -0.05) is 37.1 Å². The van der Waals surface area contributed by atoms with E-state index in [2.05, 4.69) is 10.6 Å². The molecule has 0 bridgehead atoms. The minimum atomic E-state index is -0.457. The summed E-state index contributed by atoms with van der Waals surface area (Å²) in [6.45, 7) is 1.75. The third-order valence-electron chi connectivity index (χ3n) is 4.25. The Kier molecular flexibility index (Phi) is 5.95. The molecule has 0 aromatic heterocycles. The Morgan fingerprint density at radius 1 is 1.23 bits per heavy atom. The molecule has 120 valence electrons. The molecule has 1 fully saturated rings. The van der Waals surface area contributed by atoms with Gasteiger partial charge in [-0.05, 0) is 29.9 Å². The average molecular weight is 304 g/mol. The summed E-state index contributed by atoms with van der Waals surface area (Å²) >= 11 is 0. The number of carbonyl (C=O) groups is 2. The summed E-state index contributed by atoms with van der Waals surface area (Å²) in [4.78, 5) is 23.8. The highest BCUT2D eigenvalue weighted by molar-refractivity contribution is 5.87. The molecule has 2 rings (SSSR count). The van der Waals surface area contributed by atoms with Gasteiger partial charge in [-0.2, -0.15) is 0 Å². The molecule has 1 aliphatic rings. The second kappa shape index (κ2) is 7.94. The first kappa shape index (κ1) is 16.5. The number of carbonyl (C=O) groups excluding carboxylic acids is 2. The fourth-order valence-electron chi connectivity index (χ4n) is 3.08. The molecule has 22 heavy (non-hydrogen) atoms. The van der Waals surface area contributed by atoms with Gasteiger partial charge in [0, 0.05) is 13.5 Å². The lowest BCUT2D eigenvalue weighted by atomic mass is 9.97. The molecule has 3 N–H and O–H groups in total. The smallest absolute Gasteiger partial charge is 0.243 e. The van der Waals surface area contributed by atoms with Gasteiger partial charge in [0.2, 0.25) is 11.8 Å². The largest absolute Gasteiger partial charge is 0.392 e. The number of aliphatic hydroxyl groups excluding tert-OH is 1. The van der Waals surface area contributed by atoms with Gasteiger partial charge in [0.05, 0.1) is 6.61 Å². The summed E-state index contributed by atoms with van der Waals surface area (Å²) in [6.07, 6.45) is 4.18. The first-order valence-electron chi connectivity index (χ1n) is 7.84. The highest BCUT2D eigenvalue weighted by atomic mass is 16.3. The topological polar surface area (TPSA) is 78.4 Å². The Hall–Kier alpha value is -1.88. The second-order valence-electron chi connectivity index (χ2n) is 5.87. The maximum absolute atomic E-state index is 12.5. The van der Waals surface area contributed by atoms with Crippen LogP contribution in [0, 0.1) is 5.92 Å². The first-order valence-corrected chi connectivity index (χ1v) is 7.84. The molecule has 1 aliphatic carbocycles. The average Bonchev–Trinajstić information content (AvgIpc) is 3.04. The van der Waals surface area contributed by atoms with E-state index in [9.17, 15) is 14.7 Å². The number of hydrogen-bond acceptors (Lipinski definition) is 3. The van der Waals surface area contributed by atoms with Crippen molar-refractivity contribution in [1.82, 2.24) is 10.6 Å². The van der Waals surface area contributed by atoms with Crippen molar-refractivity contribution in [3.05, 3.63) is 35.4 Å². The molecule has 5 heteroatoms. The van der Waals surface area contributed by atoms with Crippen LogP contribution in [-0.4, -0.2) is 23.0 Å². The molecule has 0 heterocycles. The molecule has 2 amide bonds. The summed E-state index contributed by atoms with van der Waals surface area (Å²) in [5, 5.41) is 15.0. The van der Waals surface area contributed by atoms with Crippen molar-refractivity contribution in [2.45, 2.75) is 51.8 Å². The zero-order valence-electron chi connectivity index (χ0n) is 13.0. The lowest BCUT2D eigenvalue weighted by Crippen LogP contribution is -2.49. The van der Waals surface area contributed by atoms with Crippen LogP contribution in [0.2, 0.25) is 0 Å². The number of aliphatic hydroxyl groups is 1. The van der Waals surface area contributed by atoms with Crippen LogP contribution in [0.25, 0.3) is 0 Å². The van der Waals surface area contributed by atoms with Crippen molar-refractivity contribution in [3.63, 3.8) is 0 Å². The zero-order chi connectivity index (χ0) is 15.9. The van der Waals surface area contributed by atoms with Gasteiger partial charge in [-0.25, -0.2) is 0 Å². The minimum absolute atomic E-state index is 0.0518. The molecule has 5 nitrogen and oxygen atoms in total. The molecule has 0 radical (unpaired) electrons. The Morgan fingerprint density at radius 3 is 2.45 bits per heavy atom. The molecule has 1 aromatic carbocycles. The lowest BCUT2D eigenvalue weighted by Gasteiger charge is -2.23. The second-order valence-corrected chi connectivity index (χ2v) is 5.87. The minimum Gasteiger partial charge on any atom is -0.392 e. The van der Waals surface area contributed by atoms with Crippen LogP contribution >= 0.6 is 0 Å². The standard InChI is InChI=1S/C17H24N2O3/c1-12(21)19-16(13-6-2-3-7-13)17(22)18-10-14-8-4-5-9-15(14)11-20/h4-5,8-9,13,16,20H,2-3,6-7,10-11H2,1H3,(H,18,22)(H,19,21). The Bertz CT molecular complexity index is 524. The molecule has 0 spiro atoms. The van der Waals surface area contributed by atoms with E-state index in [0.717, 1.165) is 36.8 Å². The summed E-state index contributed by atoms with van der Waals surface area (Å²) in [5.41, 5.74) is 1.70. The lowest BCUT2D eigenvalue weighted by molar-refractivity contribution is -0.129. The molecular formula is C17H24N2O3. The van der Waals surface area contributed by atoms with E-state index in [0.29, 0.717) is 6.54 Å². The highest BCUT2D eigenvalue weighted by Gasteiger charge is 2.31. The van der Waals surface area contributed by atoms with E-state index >= 15 is 0 Å². The van der Waals surface area contributed by atoms with Crippen LogP contribution in [0.5, 0.6) is 0 Å². The Labute approximate surface area is 131 Å². The monoisotopic (exact) mass is 304 g/mol. The maximum Gasteiger partial charge on any atom is 0.243 e. The highest BCUT2D eigenvalue weighted by Crippen LogP contribution is 2.28. The molecule has 0 saturated heterocycles. The van der Waals surface area contributed by atoms with Crippen molar-refractivity contribution in [2.75, 3.05) is 0 Å². The van der Waals surface area contributed by atoms with Crippen molar-refractivity contribution in [1.29, 1.82) is 0 Å². The van der Waals surface area contributed by atoms with Crippen molar-refractivity contribution >= 4 is 11.8 Å². The van der Waals surface area contributed by atoms with Crippen LogP contribution in [-0.2, 0) is 22.7 Å². The molecule has 1 saturated carbocycles. The number of amides is 2. The van der Waals surface area contributed by atoms with Gasteiger partial charge in [-0.3, -0.25) is 9.59 Å². The predicted octanol–water partition coefficient (Wildman–Crippen LogP) is 1.49. The normalized spacial score (nSPS) is 16.3. The zero-order valence-corrected chi connectivity index (χ0v) is 13.0. The third kappa shape index (κ3) is 4.31. The van der Waals surface area contributed by atoms with Crippen LogP contribution < -0.4 is 10.6 Å². The maximum atomic E-state index is 12.5. The van der Waals surface area contributed by atoms with Crippen LogP contribution in [0.4, 0.5) is 0 Å². The van der Waals surface area contributed by atoms with Gasteiger partial charge in [-0.15, -0.1) is 0 Å². The fraction of sp³-hybridized carbons (Fsp3) is 0.529. The van der Waals surface area contributed by atoms with Crippen molar-refractivity contribution in [3.8, 4) is 0 Å². The Balaban J connectivity index is 1.99. The number of benzene rings is 1. The summed E-state index contributed by atoms with van der Waals surface area (Å²) < 4.78 is 0. The van der Waals surface area contributed by atoms with E-state index in [1.165, 1.54) is 6.92 Å².